The third kappa shape index (κ3) is 4.67. The molecule has 9 heteroatoms. The van der Waals surface area contributed by atoms with Crippen LogP contribution in [0.4, 0.5) is 5.88 Å². The SMILES string of the molecule is CCOC(=O)C1=C(C)N=c2s/c(=C\c3ccc(N4CCCCC4)o3)c(=O)n2[C@@H]1c1ccc(Br)cc1. The molecule has 0 unspecified atom stereocenters. The Morgan fingerprint density at radius 1 is 1.20 bits per heavy atom. The molecule has 0 bridgehead atoms. The summed E-state index contributed by atoms with van der Waals surface area (Å²) in [4.78, 5) is 34.0. The zero-order chi connectivity index (χ0) is 24.5. The Kier molecular flexibility index (Phi) is 6.80. The quantitative estimate of drug-likeness (QED) is 0.442. The molecular formula is C26H26BrN3O4S. The van der Waals surface area contributed by atoms with Gasteiger partial charge < -0.3 is 14.1 Å². The lowest BCUT2D eigenvalue weighted by molar-refractivity contribution is -0.139. The molecule has 0 N–H and O–H groups in total. The largest absolute Gasteiger partial charge is 0.463 e. The van der Waals surface area contributed by atoms with Crippen molar-refractivity contribution in [2.24, 2.45) is 4.99 Å². The molecule has 1 saturated heterocycles. The van der Waals surface area contributed by atoms with E-state index in [1.165, 1.54) is 17.8 Å². The summed E-state index contributed by atoms with van der Waals surface area (Å²) < 4.78 is 14.4. The predicted molar refractivity (Wildman–Crippen MR) is 139 cm³/mol. The fraction of sp³-hybridized carbons (Fsp3) is 0.346. The number of allylic oxidation sites excluding steroid dienone is 1. The zero-order valence-electron chi connectivity index (χ0n) is 19.6. The minimum atomic E-state index is -0.624. The number of furan rings is 1. The van der Waals surface area contributed by atoms with Gasteiger partial charge in [-0.1, -0.05) is 39.4 Å². The highest BCUT2D eigenvalue weighted by molar-refractivity contribution is 9.10. The zero-order valence-corrected chi connectivity index (χ0v) is 22.0. The van der Waals surface area contributed by atoms with E-state index < -0.39 is 12.0 Å². The molecule has 5 rings (SSSR count). The Labute approximate surface area is 215 Å². The van der Waals surface area contributed by atoms with Crippen LogP contribution in [-0.2, 0) is 9.53 Å². The van der Waals surface area contributed by atoms with Gasteiger partial charge in [0.15, 0.2) is 10.7 Å². The summed E-state index contributed by atoms with van der Waals surface area (Å²) >= 11 is 4.75. The molecule has 1 aromatic carbocycles. The third-order valence-corrected chi connectivity index (χ3v) is 7.77. The van der Waals surface area contributed by atoms with Gasteiger partial charge >= 0.3 is 5.97 Å². The molecule has 0 saturated carbocycles. The first kappa shape index (κ1) is 23.8. The molecule has 7 nitrogen and oxygen atoms in total. The van der Waals surface area contributed by atoms with Gasteiger partial charge in [-0.05, 0) is 56.9 Å². The number of benzene rings is 1. The standard InChI is InChI=1S/C26H26BrN3O4S/c1-3-33-25(32)22-16(2)28-26-30(23(22)17-7-9-18(27)10-8-17)24(31)20(35-26)15-19-11-12-21(34-19)29-13-5-4-6-14-29/h7-12,15,23H,3-6,13-14H2,1-2H3/b20-15-/t23-/m1/s1. The summed E-state index contributed by atoms with van der Waals surface area (Å²) in [6, 6.07) is 10.8. The van der Waals surface area contributed by atoms with Crippen LogP contribution < -0.4 is 19.8 Å². The lowest BCUT2D eigenvalue weighted by Crippen LogP contribution is -2.39. The van der Waals surface area contributed by atoms with Crippen LogP contribution in [0.3, 0.4) is 0 Å². The molecule has 1 fully saturated rings. The number of hydrogen-bond acceptors (Lipinski definition) is 7. The van der Waals surface area contributed by atoms with E-state index in [2.05, 4.69) is 25.8 Å². The van der Waals surface area contributed by atoms with Crippen molar-refractivity contribution in [3.05, 3.63) is 83.2 Å². The van der Waals surface area contributed by atoms with Gasteiger partial charge in [0.25, 0.3) is 5.56 Å². The van der Waals surface area contributed by atoms with Crippen LogP contribution in [0.2, 0.25) is 0 Å². The summed E-state index contributed by atoms with van der Waals surface area (Å²) in [5.74, 6) is 0.988. The highest BCUT2D eigenvalue weighted by Gasteiger charge is 2.33. The number of ether oxygens (including phenoxy) is 1. The van der Waals surface area contributed by atoms with Crippen molar-refractivity contribution >= 4 is 45.2 Å². The second-order valence-corrected chi connectivity index (χ2v) is 10.5. The van der Waals surface area contributed by atoms with Gasteiger partial charge in [0.2, 0.25) is 0 Å². The number of carbonyl (C=O) groups is 1. The molecule has 3 aromatic rings. The Balaban J connectivity index is 1.60. The van der Waals surface area contributed by atoms with E-state index in [0.717, 1.165) is 41.9 Å². The van der Waals surface area contributed by atoms with Gasteiger partial charge in [-0.2, -0.15) is 0 Å². The summed E-state index contributed by atoms with van der Waals surface area (Å²) in [7, 11) is 0. The average Bonchev–Trinajstić information content (AvgIpc) is 3.44. The molecule has 2 aliphatic heterocycles. The Hall–Kier alpha value is -2.91. The van der Waals surface area contributed by atoms with Crippen LogP contribution in [0.1, 0.15) is 50.5 Å². The summed E-state index contributed by atoms with van der Waals surface area (Å²) in [5, 5.41) is 0. The maximum absolute atomic E-state index is 13.7. The number of hydrogen-bond donors (Lipinski definition) is 0. The fourth-order valence-electron chi connectivity index (χ4n) is 4.59. The smallest absolute Gasteiger partial charge is 0.338 e. The lowest BCUT2D eigenvalue weighted by atomic mass is 9.96. The number of nitrogens with zero attached hydrogens (tertiary/aromatic N) is 3. The van der Waals surface area contributed by atoms with Gasteiger partial charge in [-0.25, -0.2) is 9.79 Å². The molecule has 1 atom stereocenters. The van der Waals surface area contributed by atoms with Crippen LogP contribution >= 0.6 is 27.3 Å². The lowest BCUT2D eigenvalue weighted by Gasteiger charge is -2.25. The van der Waals surface area contributed by atoms with Gasteiger partial charge in [-0.3, -0.25) is 9.36 Å². The summed E-state index contributed by atoms with van der Waals surface area (Å²) in [5.41, 5.74) is 1.52. The van der Waals surface area contributed by atoms with Crippen LogP contribution in [0.15, 0.2) is 66.3 Å². The van der Waals surface area contributed by atoms with Crippen LogP contribution in [0.5, 0.6) is 0 Å². The number of anilines is 1. The van der Waals surface area contributed by atoms with E-state index >= 15 is 0 Å². The topological polar surface area (TPSA) is 77.0 Å². The molecule has 182 valence electrons. The Morgan fingerprint density at radius 3 is 2.66 bits per heavy atom. The van der Waals surface area contributed by atoms with Gasteiger partial charge in [0, 0.05) is 29.7 Å². The molecule has 0 aliphatic carbocycles. The molecule has 2 aromatic heterocycles. The van der Waals surface area contributed by atoms with Crippen molar-refractivity contribution in [2.45, 2.75) is 39.2 Å². The van der Waals surface area contributed by atoms with Crippen molar-refractivity contribution < 1.29 is 13.9 Å². The van der Waals surface area contributed by atoms with Crippen molar-refractivity contribution in [1.29, 1.82) is 0 Å². The first-order chi connectivity index (χ1) is 17.0. The second-order valence-electron chi connectivity index (χ2n) is 8.58. The number of halogens is 1. The fourth-order valence-corrected chi connectivity index (χ4v) is 5.88. The summed E-state index contributed by atoms with van der Waals surface area (Å²) in [6.45, 7) is 5.76. The molecule has 4 heterocycles. The van der Waals surface area contributed by atoms with E-state index in [0.29, 0.717) is 26.4 Å². The molecular weight excluding hydrogens is 530 g/mol. The van der Waals surface area contributed by atoms with Crippen LogP contribution in [0, 0.1) is 0 Å². The molecule has 0 radical (unpaired) electrons. The Morgan fingerprint density at radius 2 is 1.94 bits per heavy atom. The number of carbonyl (C=O) groups excluding carboxylic acids is 1. The van der Waals surface area contributed by atoms with E-state index in [1.54, 1.807) is 24.5 Å². The van der Waals surface area contributed by atoms with Crippen molar-refractivity contribution in [3.63, 3.8) is 0 Å². The van der Waals surface area contributed by atoms with Gasteiger partial charge in [0.1, 0.15) is 5.76 Å². The number of esters is 1. The van der Waals surface area contributed by atoms with Crippen LogP contribution in [0.25, 0.3) is 6.08 Å². The monoisotopic (exact) mass is 555 g/mol. The van der Waals surface area contributed by atoms with Gasteiger partial charge in [0.05, 0.1) is 28.5 Å². The number of rotatable bonds is 5. The minimum Gasteiger partial charge on any atom is -0.463 e. The van der Waals surface area contributed by atoms with E-state index in [9.17, 15) is 9.59 Å². The summed E-state index contributed by atoms with van der Waals surface area (Å²) in [6.07, 6.45) is 5.33. The van der Waals surface area contributed by atoms with E-state index in [-0.39, 0.29) is 12.2 Å². The highest BCUT2D eigenvalue weighted by atomic mass is 79.9. The second kappa shape index (κ2) is 9.99. The average molecular weight is 556 g/mol. The first-order valence-electron chi connectivity index (χ1n) is 11.8. The number of thiazole rings is 1. The molecule has 0 amide bonds. The highest BCUT2D eigenvalue weighted by Crippen LogP contribution is 2.31. The van der Waals surface area contributed by atoms with Crippen molar-refractivity contribution in [1.82, 2.24) is 4.57 Å². The predicted octanol–water partition coefficient (Wildman–Crippen LogP) is 4.14. The van der Waals surface area contributed by atoms with E-state index in [1.807, 2.05) is 36.4 Å². The molecule has 2 aliphatic rings. The Bertz CT molecular complexity index is 1460. The normalized spacial score (nSPS) is 18.4. The van der Waals surface area contributed by atoms with Crippen LogP contribution in [-0.4, -0.2) is 30.2 Å². The maximum Gasteiger partial charge on any atom is 0.338 e. The number of aromatic nitrogens is 1. The molecule has 35 heavy (non-hydrogen) atoms. The van der Waals surface area contributed by atoms with Crippen molar-refractivity contribution in [2.75, 3.05) is 24.6 Å². The third-order valence-electron chi connectivity index (χ3n) is 6.26. The first-order valence-corrected chi connectivity index (χ1v) is 13.4. The number of fused-ring (bicyclic) bond motifs is 1. The van der Waals surface area contributed by atoms with Gasteiger partial charge in [-0.15, -0.1) is 0 Å². The van der Waals surface area contributed by atoms with Crippen molar-refractivity contribution in [3.8, 4) is 0 Å². The minimum absolute atomic E-state index is 0.216. The molecule has 0 spiro atoms. The van der Waals surface area contributed by atoms with E-state index in [4.69, 9.17) is 9.15 Å². The number of piperidine rings is 1. The maximum atomic E-state index is 13.7.